The Hall–Kier alpha value is 0.140. The molecule has 1 atom stereocenters. The fourth-order valence-corrected chi connectivity index (χ4v) is 2.47. The second kappa shape index (κ2) is 5.00. The third-order valence-electron chi connectivity index (χ3n) is 1.72. The molecule has 0 fully saturated rings. The molecular formula is C9H14BrNS. The van der Waals surface area contributed by atoms with E-state index < -0.39 is 0 Å². The van der Waals surface area contributed by atoms with Crippen molar-refractivity contribution < 1.29 is 0 Å². The second-order valence-corrected chi connectivity index (χ2v) is 5.31. The molecular weight excluding hydrogens is 234 g/mol. The predicted octanol–water partition coefficient (Wildman–Crippen LogP) is 3.57. The summed E-state index contributed by atoms with van der Waals surface area (Å²) in [6.45, 7) is 5.48. The van der Waals surface area contributed by atoms with E-state index in [1.807, 2.05) is 0 Å². The van der Waals surface area contributed by atoms with Gasteiger partial charge in [-0.3, -0.25) is 0 Å². The van der Waals surface area contributed by atoms with Crippen LogP contribution in [0, 0.1) is 0 Å². The number of hydrogen-bond donors (Lipinski definition) is 1. The molecule has 0 spiro atoms. The molecule has 1 aromatic rings. The highest BCUT2D eigenvalue weighted by molar-refractivity contribution is 9.11. The molecule has 0 bridgehead atoms. The van der Waals surface area contributed by atoms with Crippen LogP contribution >= 0.6 is 27.3 Å². The van der Waals surface area contributed by atoms with Crippen LogP contribution in [-0.4, -0.2) is 6.54 Å². The van der Waals surface area contributed by atoms with Crippen LogP contribution < -0.4 is 5.32 Å². The largest absolute Gasteiger partial charge is 0.309 e. The van der Waals surface area contributed by atoms with E-state index >= 15 is 0 Å². The Morgan fingerprint density at radius 2 is 2.33 bits per heavy atom. The Balaban J connectivity index is 2.47. The van der Waals surface area contributed by atoms with Crippen molar-refractivity contribution in [3.05, 3.63) is 20.8 Å². The van der Waals surface area contributed by atoms with E-state index in [0.29, 0.717) is 6.04 Å². The van der Waals surface area contributed by atoms with Crippen LogP contribution in [0.3, 0.4) is 0 Å². The minimum Gasteiger partial charge on any atom is -0.309 e. The highest BCUT2D eigenvalue weighted by atomic mass is 79.9. The van der Waals surface area contributed by atoms with Gasteiger partial charge in [0.1, 0.15) is 0 Å². The number of hydrogen-bond acceptors (Lipinski definition) is 2. The first-order valence-corrected chi connectivity index (χ1v) is 5.83. The van der Waals surface area contributed by atoms with E-state index in [1.165, 1.54) is 15.1 Å². The van der Waals surface area contributed by atoms with Gasteiger partial charge in [-0.25, -0.2) is 0 Å². The molecule has 68 valence electrons. The normalized spacial score (nSPS) is 13.2. The van der Waals surface area contributed by atoms with Crippen LogP contribution in [0.25, 0.3) is 0 Å². The van der Waals surface area contributed by atoms with E-state index in [-0.39, 0.29) is 0 Å². The molecule has 1 heterocycles. The van der Waals surface area contributed by atoms with Gasteiger partial charge in [-0.05, 0) is 48.0 Å². The maximum Gasteiger partial charge on any atom is 0.0701 e. The van der Waals surface area contributed by atoms with Gasteiger partial charge in [0.05, 0.1) is 3.79 Å². The zero-order chi connectivity index (χ0) is 8.97. The molecule has 1 aromatic heterocycles. The molecule has 0 amide bonds. The summed E-state index contributed by atoms with van der Waals surface area (Å²) in [7, 11) is 0. The second-order valence-electron chi connectivity index (χ2n) is 2.82. The molecule has 0 aliphatic rings. The van der Waals surface area contributed by atoms with Crippen molar-refractivity contribution in [3.8, 4) is 0 Å². The average molecular weight is 248 g/mol. The number of thiophene rings is 1. The molecule has 0 radical (unpaired) electrons. The standard InChI is InChI=1S/C9H14BrNS/c1-3-6-11-7(2)8-4-5-9(10)12-8/h4-5,7,11H,3,6H2,1-2H3. The summed E-state index contributed by atoms with van der Waals surface area (Å²) in [5, 5.41) is 3.45. The maximum atomic E-state index is 3.46. The Morgan fingerprint density at radius 1 is 1.58 bits per heavy atom. The van der Waals surface area contributed by atoms with Crippen molar-refractivity contribution >= 4 is 27.3 Å². The molecule has 12 heavy (non-hydrogen) atoms. The Bertz CT molecular complexity index is 234. The van der Waals surface area contributed by atoms with Gasteiger partial charge >= 0.3 is 0 Å². The predicted molar refractivity (Wildman–Crippen MR) is 58.7 cm³/mol. The first kappa shape index (κ1) is 10.2. The van der Waals surface area contributed by atoms with Gasteiger partial charge in [0.15, 0.2) is 0 Å². The molecule has 0 saturated carbocycles. The summed E-state index contributed by atoms with van der Waals surface area (Å²) >= 11 is 5.26. The van der Waals surface area contributed by atoms with Gasteiger partial charge in [0, 0.05) is 10.9 Å². The lowest BCUT2D eigenvalue weighted by Crippen LogP contribution is -2.18. The van der Waals surface area contributed by atoms with Crippen LogP contribution in [0.15, 0.2) is 15.9 Å². The Labute approximate surface area is 86.3 Å². The van der Waals surface area contributed by atoms with E-state index in [4.69, 9.17) is 0 Å². The third-order valence-corrected chi connectivity index (χ3v) is 3.53. The highest BCUT2D eigenvalue weighted by Gasteiger charge is 2.05. The van der Waals surface area contributed by atoms with Crippen LogP contribution in [-0.2, 0) is 0 Å². The van der Waals surface area contributed by atoms with Crippen LogP contribution in [0.4, 0.5) is 0 Å². The highest BCUT2D eigenvalue weighted by Crippen LogP contribution is 2.26. The maximum absolute atomic E-state index is 3.46. The van der Waals surface area contributed by atoms with Gasteiger partial charge in [-0.15, -0.1) is 11.3 Å². The quantitative estimate of drug-likeness (QED) is 0.858. The summed E-state index contributed by atoms with van der Waals surface area (Å²) in [4.78, 5) is 1.40. The van der Waals surface area contributed by atoms with Crippen LogP contribution in [0.5, 0.6) is 0 Å². The summed E-state index contributed by atoms with van der Waals surface area (Å²) in [5.41, 5.74) is 0. The number of halogens is 1. The van der Waals surface area contributed by atoms with Crippen molar-refractivity contribution in [2.45, 2.75) is 26.3 Å². The summed E-state index contributed by atoms with van der Waals surface area (Å²) in [6.07, 6.45) is 1.19. The molecule has 1 rings (SSSR count). The molecule has 1 unspecified atom stereocenters. The summed E-state index contributed by atoms with van der Waals surface area (Å²) in [5.74, 6) is 0. The summed E-state index contributed by atoms with van der Waals surface area (Å²) in [6, 6.07) is 4.76. The lowest BCUT2D eigenvalue weighted by Gasteiger charge is -2.10. The van der Waals surface area contributed by atoms with Crippen LogP contribution in [0.2, 0.25) is 0 Å². The van der Waals surface area contributed by atoms with Gasteiger partial charge in [0.25, 0.3) is 0 Å². The topological polar surface area (TPSA) is 12.0 Å². The molecule has 3 heteroatoms. The van der Waals surface area contributed by atoms with Crippen molar-refractivity contribution in [2.24, 2.45) is 0 Å². The molecule has 1 N–H and O–H groups in total. The van der Waals surface area contributed by atoms with Gasteiger partial charge in [-0.2, -0.15) is 0 Å². The SMILES string of the molecule is CCCNC(C)c1ccc(Br)s1. The van der Waals surface area contributed by atoms with Crippen molar-refractivity contribution in [2.75, 3.05) is 6.54 Å². The molecule has 0 aliphatic heterocycles. The van der Waals surface area contributed by atoms with Gasteiger partial charge in [0.2, 0.25) is 0 Å². The number of rotatable bonds is 4. The summed E-state index contributed by atoms with van der Waals surface area (Å²) < 4.78 is 1.21. The van der Waals surface area contributed by atoms with E-state index in [0.717, 1.165) is 6.54 Å². The minimum absolute atomic E-state index is 0.487. The molecule has 1 nitrogen and oxygen atoms in total. The zero-order valence-corrected chi connectivity index (χ0v) is 9.83. The van der Waals surface area contributed by atoms with Crippen molar-refractivity contribution in [1.29, 1.82) is 0 Å². The fourth-order valence-electron chi connectivity index (χ4n) is 1.02. The zero-order valence-electron chi connectivity index (χ0n) is 7.43. The van der Waals surface area contributed by atoms with Crippen molar-refractivity contribution in [1.82, 2.24) is 5.32 Å². The molecule has 0 saturated heterocycles. The third kappa shape index (κ3) is 2.88. The lowest BCUT2D eigenvalue weighted by atomic mass is 10.3. The monoisotopic (exact) mass is 247 g/mol. The first-order valence-electron chi connectivity index (χ1n) is 4.22. The minimum atomic E-state index is 0.487. The molecule has 0 aromatic carbocycles. The number of nitrogens with one attached hydrogen (secondary N) is 1. The van der Waals surface area contributed by atoms with E-state index in [9.17, 15) is 0 Å². The van der Waals surface area contributed by atoms with Gasteiger partial charge < -0.3 is 5.32 Å². The fraction of sp³-hybridized carbons (Fsp3) is 0.556. The van der Waals surface area contributed by atoms with Crippen molar-refractivity contribution in [3.63, 3.8) is 0 Å². The van der Waals surface area contributed by atoms with E-state index in [2.05, 4.69) is 47.2 Å². The smallest absolute Gasteiger partial charge is 0.0701 e. The molecule has 0 aliphatic carbocycles. The lowest BCUT2D eigenvalue weighted by molar-refractivity contribution is 0.578. The van der Waals surface area contributed by atoms with Crippen LogP contribution in [0.1, 0.15) is 31.2 Å². The Kier molecular flexibility index (Phi) is 4.26. The van der Waals surface area contributed by atoms with Gasteiger partial charge in [-0.1, -0.05) is 6.92 Å². The Morgan fingerprint density at radius 3 is 2.83 bits per heavy atom. The van der Waals surface area contributed by atoms with E-state index in [1.54, 1.807) is 11.3 Å². The first-order chi connectivity index (χ1) is 5.74. The average Bonchev–Trinajstić information content (AvgIpc) is 2.47.